The van der Waals surface area contributed by atoms with Crippen molar-refractivity contribution in [3.8, 4) is 16.9 Å². The Bertz CT molecular complexity index is 2050. The van der Waals surface area contributed by atoms with Gasteiger partial charge in [-0.2, -0.15) is 4.98 Å². The molecule has 1 aliphatic heterocycles. The first kappa shape index (κ1) is 32.4. The van der Waals surface area contributed by atoms with Crippen molar-refractivity contribution in [1.82, 2.24) is 24.4 Å². The number of hydrogen-bond acceptors (Lipinski definition) is 8. The van der Waals surface area contributed by atoms with Gasteiger partial charge >= 0.3 is 5.69 Å². The molecule has 0 bridgehead atoms. The van der Waals surface area contributed by atoms with Crippen molar-refractivity contribution in [2.75, 3.05) is 30.8 Å². The van der Waals surface area contributed by atoms with Crippen molar-refractivity contribution in [3.63, 3.8) is 0 Å². The molecule has 0 N–H and O–H groups in total. The summed E-state index contributed by atoms with van der Waals surface area (Å²) in [5.74, 6) is -2.31. The summed E-state index contributed by atoms with van der Waals surface area (Å²) in [4.78, 5) is 42.8. The highest BCUT2D eigenvalue weighted by atomic mass is 35.5. The second-order valence-electron chi connectivity index (χ2n) is 11.2. The molecule has 1 fully saturated rings. The quantitative estimate of drug-likeness (QED) is 0.223. The Morgan fingerprint density at radius 3 is 2.51 bits per heavy atom. The SMILES string of the molecule is C=CC(=O)N1CCN(c2nc(=O)n(-c3c(S(C)(=O)=O)ccnc3C(C)C)c3nc(-c4cccc(F)c4Cl)c(F)cc23)[C@@](C)([Si])C1. The Labute approximate surface area is 266 Å². The maximum absolute atomic E-state index is 16.0. The van der Waals surface area contributed by atoms with Gasteiger partial charge in [-0.1, -0.05) is 44.2 Å². The van der Waals surface area contributed by atoms with Crippen LogP contribution in [0.15, 0.2) is 58.9 Å². The maximum Gasteiger partial charge on any atom is 0.355 e. The summed E-state index contributed by atoms with van der Waals surface area (Å²) in [6.07, 6.45) is 3.52. The molecule has 1 saturated heterocycles. The van der Waals surface area contributed by atoms with Crippen LogP contribution < -0.4 is 10.6 Å². The molecular weight excluding hydrogens is 642 g/mol. The molecule has 15 heteroatoms. The van der Waals surface area contributed by atoms with Gasteiger partial charge in [-0.05, 0) is 37.1 Å². The fourth-order valence-electron chi connectivity index (χ4n) is 5.45. The third kappa shape index (κ3) is 5.77. The second kappa shape index (κ2) is 11.7. The number of piperazine rings is 1. The van der Waals surface area contributed by atoms with E-state index >= 15 is 4.39 Å². The Kier molecular flexibility index (Phi) is 8.44. The molecule has 3 radical (unpaired) electrons. The van der Waals surface area contributed by atoms with Gasteiger partial charge in [-0.15, -0.1) is 0 Å². The first-order chi connectivity index (χ1) is 21.1. The minimum absolute atomic E-state index is 0.0358. The largest absolute Gasteiger partial charge is 0.355 e. The average molecular weight is 670 g/mol. The minimum atomic E-state index is -3.94. The molecule has 3 aromatic heterocycles. The van der Waals surface area contributed by atoms with Gasteiger partial charge in [0.15, 0.2) is 15.5 Å². The number of nitrogens with zero attached hydrogens (tertiary/aromatic N) is 6. The molecule has 4 aromatic rings. The van der Waals surface area contributed by atoms with E-state index in [1.807, 2.05) is 0 Å². The zero-order valence-electron chi connectivity index (χ0n) is 24.8. The van der Waals surface area contributed by atoms with Crippen LogP contribution in [0, 0.1) is 11.6 Å². The number of benzene rings is 1. The molecule has 4 heterocycles. The number of anilines is 1. The lowest BCUT2D eigenvalue weighted by molar-refractivity contribution is -0.127. The summed E-state index contributed by atoms with van der Waals surface area (Å²) in [6.45, 7) is 9.43. The standard InChI is InChI=1S/C30H28ClF2N6O4SSi/c1-6-22(40)37-12-13-38(30(4,45)15-37)27-18-14-20(33)25(17-8-7-9-19(32)23(17)31)35-28(18)39(29(41)36-27)26-21(44(5,42)43)10-11-34-24(26)16(2)3/h6-11,14,16H,1,12-13,15H2,2-5H3/t30-/m0/s1. The van der Waals surface area contributed by atoms with E-state index in [0.717, 1.165) is 23.0 Å². The lowest BCUT2D eigenvalue weighted by Crippen LogP contribution is -2.63. The Hall–Kier alpha value is -4.01. The van der Waals surface area contributed by atoms with Crippen LogP contribution in [0.1, 0.15) is 32.4 Å². The minimum Gasteiger partial charge on any atom is -0.350 e. The third-order valence-electron chi connectivity index (χ3n) is 7.52. The second-order valence-corrected chi connectivity index (χ2v) is 14.6. The first-order valence-electron chi connectivity index (χ1n) is 13.8. The van der Waals surface area contributed by atoms with Crippen LogP contribution >= 0.6 is 11.6 Å². The van der Waals surface area contributed by atoms with Crippen molar-refractivity contribution in [1.29, 1.82) is 0 Å². The zero-order valence-corrected chi connectivity index (χ0v) is 27.4. The molecule has 45 heavy (non-hydrogen) atoms. The Morgan fingerprint density at radius 1 is 1.18 bits per heavy atom. The fraction of sp³-hybridized carbons (Fsp3) is 0.300. The smallest absolute Gasteiger partial charge is 0.350 e. The number of carbonyl (C=O) groups is 1. The lowest BCUT2D eigenvalue weighted by atomic mass is 10.1. The van der Waals surface area contributed by atoms with E-state index in [1.54, 1.807) is 30.6 Å². The molecule has 233 valence electrons. The van der Waals surface area contributed by atoms with Gasteiger partial charge in [0.05, 0.1) is 36.9 Å². The van der Waals surface area contributed by atoms with Gasteiger partial charge in [-0.3, -0.25) is 9.78 Å². The van der Waals surface area contributed by atoms with Crippen molar-refractivity contribution in [2.24, 2.45) is 0 Å². The summed E-state index contributed by atoms with van der Waals surface area (Å²) in [5, 5.41) is -1.32. The van der Waals surface area contributed by atoms with E-state index < -0.39 is 32.3 Å². The molecule has 1 atom stereocenters. The van der Waals surface area contributed by atoms with Crippen LogP contribution in [0.4, 0.5) is 14.6 Å². The summed E-state index contributed by atoms with van der Waals surface area (Å²) in [7, 11) is -0.220. The summed E-state index contributed by atoms with van der Waals surface area (Å²) >= 11 is 6.23. The van der Waals surface area contributed by atoms with E-state index in [2.05, 4.69) is 31.8 Å². The zero-order chi connectivity index (χ0) is 33.0. The monoisotopic (exact) mass is 669 g/mol. The van der Waals surface area contributed by atoms with E-state index in [-0.39, 0.29) is 80.9 Å². The van der Waals surface area contributed by atoms with Crippen molar-refractivity contribution in [3.05, 3.63) is 82.0 Å². The van der Waals surface area contributed by atoms with Crippen LogP contribution in [0.2, 0.25) is 5.02 Å². The van der Waals surface area contributed by atoms with Crippen LogP contribution in [-0.2, 0) is 14.6 Å². The highest BCUT2D eigenvalue weighted by Crippen LogP contribution is 2.37. The van der Waals surface area contributed by atoms with Gasteiger partial charge in [0, 0.05) is 42.8 Å². The molecule has 0 saturated carbocycles. The highest BCUT2D eigenvalue weighted by molar-refractivity contribution is 7.90. The number of sulfone groups is 1. The fourth-order valence-corrected chi connectivity index (χ4v) is 6.93. The summed E-state index contributed by atoms with van der Waals surface area (Å²) in [5.41, 5.74) is -1.34. The molecular formula is C30H28ClF2N6O4SSi. The predicted octanol–water partition coefficient (Wildman–Crippen LogP) is 4.02. The van der Waals surface area contributed by atoms with Crippen LogP contribution in [-0.4, -0.2) is 80.0 Å². The van der Waals surface area contributed by atoms with E-state index in [0.29, 0.717) is 0 Å². The lowest BCUT2D eigenvalue weighted by Gasteiger charge is -2.47. The average Bonchev–Trinajstić information content (AvgIpc) is 2.96. The molecule has 0 unspecified atom stereocenters. The van der Waals surface area contributed by atoms with Crippen LogP contribution in [0.3, 0.4) is 0 Å². The third-order valence-corrected chi connectivity index (χ3v) is 9.46. The number of amides is 1. The molecule has 1 amide bonds. The van der Waals surface area contributed by atoms with Crippen molar-refractivity contribution in [2.45, 2.75) is 36.7 Å². The molecule has 0 aliphatic carbocycles. The van der Waals surface area contributed by atoms with Crippen molar-refractivity contribution < 1.29 is 22.0 Å². The molecule has 0 spiro atoms. The first-order valence-corrected chi connectivity index (χ1v) is 16.5. The molecule has 1 aromatic carbocycles. The maximum atomic E-state index is 16.0. The van der Waals surface area contributed by atoms with Crippen LogP contribution in [0.5, 0.6) is 0 Å². The van der Waals surface area contributed by atoms with Gasteiger partial charge in [0.25, 0.3) is 0 Å². The van der Waals surface area contributed by atoms with Gasteiger partial charge in [0.2, 0.25) is 5.91 Å². The number of hydrogen-bond donors (Lipinski definition) is 0. The molecule has 1 aliphatic rings. The van der Waals surface area contributed by atoms with Crippen LogP contribution in [0.25, 0.3) is 28.0 Å². The van der Waals surface area contributed by atoms with E-state index in [4.69, 9.17) is 11.6 Å². The topological polar surface area (TPSA) is 118 Å². The van der Waals surface area contributed by atoms with Gasteiger partial charge in [-0.25, -0.2) is 31.5 Å². The molecule has 5 rings (SSSR count). The predicted molar refractivity (Wildman–Crippen MR) is 169 cm³/mol. The highest BCUT2D eigenvalue weighted by Gasteiger charge is 2.38. The van der Waals surface area contributed by atoms with Crippen molar-refractivity contribution >= 4 is 54.4 Å². The Morgan fingerprint density at radius 2 is 1.89 bits per heavy atom. The normalized spacial score (nSPS) is 17.3. The number of carbonyl (C=O) groups excluding carboxylic acids is 1. The number of aromatic nitrogens is 4. The number of halogens is 3. The summed E-state index contributed by atoms with van der Waals surface area (Å²) in [6, 6.07) is 6.20. The number of fused-ring (bicyclic) bond motifs is 1. The van der Waals surface area contributed by atoms with E-state index in [1.165, 1.54) is 30.5 Å². The molecule has 10 nitrogen and oxygen atoms in total. The number of pyridine rings is 2. The Balaban J connectivity index is 1.91. The number of rotatable bonds is 6. The van der Waals surface area contributed by atoms with Gasteiger partial charge < -0.3 is 9.80 Å². The van der Waals surface area contributed by atoms with Gasteiger partial charge in [0.1, 0.15) is 23.1 Å². The van der Waals surface area contributed by atoms with E-state index in [9.17, 15) is 22.4 Å². The summed E-state index contributed by atoms with van der Waals surface area (Å²) < 4.78 is 57.6.